The molecular formula is C21H25N3O5S. The largest absolute Gasteiger partial charge is 0.490 e. The summed E-state index contributed by atoms with van der Waals surface area (Å²) in [4.78, 5) is 12.5. The lowest BCUT2D eigenvalue weighted by Crippen LogP contribution is -2.27. The number of benzene rings is 2. The van der Waals surface area contributed by atoms with Crippen LogP contribution in [0.25, 0.3) is 0 Å². The van der Waals surface area contributed by atoms with Crippen LogP contribution in [-0.4, -0.2) is 51.5 Å². The van der Waals surface area contributed by atoms with E-state index in [-0.39, 0.29) is 17.3 Å². The monoisotopic (exact) mass is 431 g/mol. The second-order valence-corrected chi connectivity index (χ2v) is 9.19. The van der Waals surface area contributed by atoms with Crippen molar-refractivity contribution in [2.45, 2.75) is 24.2 Å². The molecule has 4 rings (SSSR count). The normalized spacial score (nSPS) is 16.7. The van der Waals surface area contributed by atoms with E-state index < -0.39 is 10.0 Å². The molecule has 2 N–H and O–H groups in total. The zero-order valence-corrected chi connectivity index (χ0v) is 17.4. The maximum absolute atomic E-state index is 12.6. The Morgan fingerprint density at radius 2 is 1.57 bits per heavy atom. The molecular weight excluding hydrogens is 406 g/mol. The Hall–Kier alpha value is -2.78. The van der Waals surface area contributed by atoms with Crippen LogP contribution in [0.15, 0.2) is 47.4 Å². The van der Waals surface area contributed by atoms with Crippen LogP contribution in [0.3, 0.4) is 0 Å². The number of anilines is 2. The second kappa shape index (κ2) is 8.93. The van der Waals surface area contributed by atoms with Gasteiger partial charge >= 0.3 is 0 Å². The number of fused-ring (bicyclic) bond motifs is 1. The molecule has 2 heterocycles. The van der Waals surface area contributed by atoms with E-state index in [2.05, 4.69) is 10.6 Å². The number of sulfonamides is 1. The maximum atomic E-state index is 12.6. The fourth-order valence-corrected chi connectivity index (χ4v) is 4.97. The average Bonchev–Trinajstić information content (AvgIpc) is 3.20. The van der Waals surface area contributed by atoms with E-state index in [4.69, 9.17) is 9.47 Å². The number of hydrogen-bond acceptors (Lipinski definition) is 6. The molecule has 2 aliphatic rings. The highest BCUT2D eigenvalue weighted by atomic mass is 32.2. The molecule has 1 amide bonds. The van der Waals surface area contributed by atoms with Gasteiger partial charge in [0.15, 0.2) is 11.5 Å². The Balaban J connectivity index is 1.32. The number of carbonyl (C=O) groups excluding carboxylic acids is 1. The molecule has 0 aromatic heterocycles. The lowest BCUT2D eigenvalue weighted by Gasteiger charge is -2.16. The molecule has 1 fully saturated rings. The summed E-state index contributed by atoms with van der Waals surface area (Å²) in [5.41, 5.74) is 1.29. The number of hydrogen-bond donors (Lipinski definition) is 2. The highest BCUT2D eigenvalue weighted by molar-refractivity contribution is 7.89. The van der Waals surface area contributed by atoms with Crippen LogP contribution >= 0.6 is 0 Å². The predicted molar refractivity (Wildman–Crippen MR) is 114 cm³/mol. The summed E-state index contributed by atoms with van der Waals surface area (Å²) in [5, 5.41) is 5.82. The van der Waals surface area contributed by atoms with Gasteiger partial charge in [0.2, 0.25) is 15.9 Å². The average molecular weight is 432 g/mol. The first-order chi connectivity index (χ1) is 14.5. The van der Waals surface area contributed by atoms with Gasteiger partial charge in [-0.1, -0.05) is 0 Å². The van der Waals surface area contributed by atoms with Crippen molar-refractivity contribution < 1.29 is 22.7 Å². The number of amides is 1. The third-order valence-electron chi connectivity index (χ3n) is 5.04. The smallest absolute Gasteiger partial charge is 0.243 e. The van der Waals surface area contributed by atoms with Crippen LogP contribution in [0.4, 0.5) is 11.4 Å². The summed E-state index contributed by atoms with van der Waals surface area (Å²) in [6.45, 7) is 2.38. The Morgan fingerprint density at radius 3 is 2.30 bits per heavy atom. The van der Waals surface area contributed by atoms with Crippen LogP contribution < -0.4 is 20.1 Å². The molecule has 0 unspecified atom stereocenters. The van der Waals surface area contributed by atoms with Crippen LogP contribution in [0.5, 0.6) is 11.5 Å². The lowest BCUT2D eigenvalue weighted by atomic mass is 10.2. The van der Waals surface area contributed by atoms with Crippen molar-refractivity contribution in [3.8, 4) is 11.5 Å². The standard InChI is InChI=1S/C21H25N3O5S/c25-21(23-17-6-9-19-20(14-17)29-13-3-12-28-19)15-22-16-4-7-18(8-5-16)30(26,27)24-10-1-2-11-24/h4-9,14,22H,1-3,10-13,15H2,(H,23,25). The van der Waals surface area contributed by atoms with Crippen LogP contribution in [0.1, 0.15) is 19.3 Å². The van der Waals surface area contributed by atoms with Gasteiger partial charge in [-0.2, -0.15) is 4.31 Å². The molecule has 0 bridgehead atoms. The quantitative estimate of drug-likeness (QED) is 0.730. The van der Waals surface area contributed by atoms with E-state index in [1.165, 1.54) is 4.31 Å². The van der Waals surface area contributed by atoms with Crippen molar-refractivity contribution >= 4 is 27.3 Å². The number of rotatable bonds is 6. The molecule has 0 atom stereocenters. The highest BCUT2D eigenvalue weighted by Crippen LogP contribution is 2.32. The molecule has 0 saturated carbocycles. The van der Waals surface area contributed by atoms with Gasteiger partial charge in [-0.25, -0.2) is 8.42 Å². The van der Waals surface area contributed by atoms with Gasteiger partial charge in [-0.15, -0.1) is 0 Å². The molecule has 30 heavy (non-hydrogen) atoms. The van der Waals surface area contributed by atoms with Crippen LogP contribution in [-0.2, 0) is 14.8 Å². The number of carbonyl (C=O) groups is 1. The Bertz CT molecular complexity index is 1000. The van der Waals surface area contributed by atoms with E-state index in [9.17, 15) is 13.2 Å². The molecule has 0 spiro atoms. The minimum absolute atomic E-state index is 0.0483. The predicted octanol–water partition coefficient (Wildman–Crippen LogP) is 2.68. The highest BCUT2D eigenvalue weighted by Gasteiger charge is 2.26. The summed E-state index contributed by atoms with van der Waals surface area (Å²) < 4.78 is 37.8. The van der Waals surface area contributed by atoms with Crippen molar-refractivity contribution in [3.63, 3.8) is 0 Å². The topological polar surface area (TPSA) is 97.0 Å². The van der Waals surface area contributed by atoms with Gasteiger partial charge in [0.05, 0.1) is 24.7 Å². The molecule has 2 aromatic carbocycles. The van der Waals surface area contributed by atoms with Crippen molar-refractivity contribution in [1.82, 2.24) is 4.31 Å². The fraction of sp³-hybridized carbons (Fsp3) is 0.381. The molecule has 0 aliphatic carbocycles. The zero-order chi connectivity index (χ0) is 21.0. The Morgan fingerprint density at radius 1 is 0.900 bits per heavy atom. The first-order valence-electron chi connectivity index (χ1n) is 10.1. The Kier molecular flexibility index (Phi) is 6.10. The lowest BCUT2D eigenvalue weighted by molar-refractivity contribution is -0.114. The van der Waals surface area contributed by atoms with E-state index in [0.717, 1.165) is 19.3 Å². The second-order valence-electron chi connectivity index (χ2n) is 7.25. The zero-order valence-electron chi connectivity index (χ0n) is 16.6. The van der Waals surface area contributed by atoms with Crippen molar-refractivity contribution in [2.24, 2.45) is 0 Å². The van der Waals surface area contributed by atoms with Crippen molar-refractivity contribution in [2.75, 3.05) is 43.5 Å². The van der Waals surface area contributed by atoms with E-state index in [1.807, 2.05) is 0 Å². The van der Waals surface area contributed by atoms with E-state index >= 15 is 0 Å². The SMILES string of the molecule is O=C(CNc1ccc(S(=O)(=O)N2CCCC2)cc1)Nc1ccc2c(c1)OCCCO2. The van der Waals surface area contributed by atoms with Crippen molar-refractivity contribution in [3.05, 3.63) is 42.5 Å². The van der Waals surface area contributed by atoms with E-state index in [0.29, 0.717) is 49.2 Å². The molecule has 9 heteroatoms. The van der Waals surface area contributed by atoms with Gasteiger partial charge < -0.3 is 20.1 Å². The summed E-state index contributed by atoms with van der Waals surface area (Å²) in [7, 11) is -3.43. The maximum Gasteiger partial charge on any atom is 0.243 e. The van der Waals surface area contributed by atoms with Gasteiger partial charge in [-0.3, -0.25) is 4.79 Å². The summed E-state index contributed by atoms with van der Waals surface area (Å²) in [6.07, 6.45) is 2.62. The molecule has 8 nitrogen and oxygen atoms in total. The molecule has 2 aliphatic heterocycles. The summed E-state index contributed by atoms with van der Waals surface area (Å²) >= 11 is 0. The summed E-state index contributed by atoms with van der Waals surface area (Å²) in [5.74, 6) is 1.07. The molecule has 1 saturated heterocycles. The van der Waals surface area contributed by atoms with Crippen LogP contribution in [0.2, 0.25) is 0 Å². The first kappa shape index (κ1) is 20.5. The third-order valence-corrected chi connectivity index (χ3v) is 6.95. The van der Waals surface area contributed by atoms with Gasteiger partial charge in [0.1, 0.15) is 0 Å². The van der Waals surface area contributed by atoms with Crippen LogP contribution in [0, 0.1) is 0 Å². The number of nitrogens with one attached hydrogen (secondary N) is 2. The minimum atomic E-state index is -3.43. The molecule has 2 aromatic rings. The minimum Gasteiger partial charge on any atom is -0.490 e. The van der Waals surface area contributed by atoms with Gasteiger partial charge in [-0.05, 0) is 49.2 Å². The van der Waals surface area contributed by atoms with E-state index in [1.54, 1.807) is 42.5 Å². The Labute approximate surface area is 176 Å². The summed E-state index contributed by atoms with van der Waals surface area (Å²) in [6, 6.07) is 11.8. The van der Waals surface area contributed by atoms with Gasteiger partial charge in [0, 0.05) is 37.0 Å². The molecule has 160 valence electrons. The van der Waals surface area contributed by atoms with Gasteiger partial charge in [0.25, 0.3) is 0 Å². The molecule has 0 radical (unpaired) electrons. The third kappa shape index (κ3) is 4.68. The first-order valence-corrected chi connectivity index (χ1v) is 11.5. The number of ether oxygens (including phenoxy) is 2. The van der Waals surface area contributed by atoms with Crippen molar-refractivity contribution in [1.29, 1.82) is 0 Å². The number of nitrogens with zero attached hydrogens (tertiary/aromatic N) is 1. The fourth-order valence-electron chi connectivity index (χ4n) is 3.45.